The van der Waals surface area contributed by atoms with E-state index >= 15 is 0 Å². The average Bonchev–Trinajstić information content (AvgIpc) is 2.73. The van der Waals surface area contributed by atoms with Crippen molar-refractivity contribution in [2.24, 2.45) is 0 Å². The van der Waals surface area contributed by atoms with Crippen LogP contribution in [0.1, 0.15) is 5.82 Å². The summed E-state index contributed by atoms with van der Waals surface area (Å²) in [5.41, 5.74) is 1.86. The lowest BCUT2D eigenvalue weighted by atomic mass is 10.2. The molecule has 7 heteroatoms. The smallest absolute Gasteiger partial charge is 0.136 e. The minimum atomic E-state index is -0.282. The standard InChI is InChI=1S/C22H24FN5O/c1-16-24-21(26-18-5-3-4-17(23)14-18)15-22(25-16)28-12-10-27(11-13-28)19-6-8-20(29-2)9-7-19/h3-9,14-15H,10-13H2,1-2H3,(H,24,25,26). The average molecular weight is 393 g/mol. The Hall–Kier alpha value is -3.35. The monoisotopic (exact) mass is 393 g/mol. The number of nitrogens with one attached hydrogen (secondary N) is 1. The topological polar surface area (TPSA) is 53.5 Å². The molecule has 0 aliphatic carbocycles. The third-order valence-corrected chi connectivity index (χ3v) is 4.96. The zero-order valence-corrected chi connectivity index (χ0v) is 16.6. The molecule has 1 saturated heterocycles. The van der Waals surface area contributed by atoms with E-state index < -0.39 is 0 Å². The molecular weight excluding hydrogens is 369 g/mol. The first kappa shape index (κ1) is 19.0. The number of hydrogen-bond acceptors (Lipinski definition) is 6. The molecule has 0 bridgehead atoms. The summed E-state index contributed by atoms with van der Waals surface area (Å²) in [6.45, 7) is 5.40. The van der Waals surface area contributed by atoms with Crippen LogP contribution >= 0.6 is 0 Å². The van der Waals surface area contributed by atoms with E-state index in [4.69, 9.17) is 4.74 Å². The van der Waals surface area contributed by atoms with Gasteiger partial charge in [0.2, 0.25) is 0 Å². The van der Waals surface area contributed by atoms with Crippen LogP contribution in [0.3, 0.4) is 0 Å². The number of methoxy groups -OCH3 is 1. The molecule has 0 radical (unpaired) electrons. The van der Waals surface area contributed by atoms with Gasteiger partial charge in [-0.1, -0.05) is 6.07 Å². The van der Waals surface area contributed by atoms with E-state index in [0.29, 0.717) is 17.3 Å². The number of nitrogens with zero attached hydrogens (tertiary/aromatic N) is 4. The maximum absolute atomic E-state index is 13.4. The molecule has 0 spiro atoms. The molecule has 4 rings (SSSR count). The number of aryl methyl sites for hydroxylation is 1. The lowest BCUT2D eigenvalue weighted by Gasteiger charge is -2.37. The summed E-state index contributed by atoms with van der Waals surface area (Å²) in [5.74, 6) is 2.80. The molecule has 6 nitrogen and oxygen atoms in total. The Labute approximate surface area is 170 Å². The number of anilines is 4. The molecule has 1 aliphatic rings. The second-order valence-electron chi connectivity index (χ2n) is 6.97. The molecule has 3 aromatic rings. The van der Waals surface area contributed by atoms with Gasteiger partial charge in [-0.05, 0) is 49.4 Å². The Morgan fingerprint density at radius 2 is 1.66 bits per heavy atom. The number of ether oxygens (including phenoxy) is 1. The number of benzene rings is 2. The van der Waals surface area contributed by atoms with Crippen molar-refractivity contribution in [3.63, 3.8) is 0 Å². The summed E-state index contributed by atoms with van der Waals surface area (Å²) in [6, 6.07) is 16.4. The first-order chi connectivity index (χ1) is 14.1. The van der Waals surface area contributed by atoms with Crippen molar-refractivity contribution in [1.82, 2.24) is 9.97 Å². The largest absolute Gasteiger partial charge is 0.497 e. The third-order valence-electron chi connectivity index (χ3n) is 4.96. The molecule has 1 aliphatic heterocycles. The fourth-order valence-electron chi connectivity index (χ4n) is 3.48. The second-order valence-corrected chi connectivity index (χ2v) is 6.97. The van der Waals surface area contributed by atoms with Crippen molar-refractivity contribution in [2.75, 3.05) is 48.4 Å². The highest BCUT2D eigenvalue weighted by Crippen LogP contribution is 2.24. The first-order valence-corrected chi connectivity index (χ1v) is 9.63. The Morgan fingerprint density at radius 3 is 2.34 bits per heavy atom. The lowest BCUT2D eigenvalue weighted by Crippen LogP contribution is -2.46. The predicted molar refractivity (Wildman–Crippen MR) is 114 cm³/mol. The molecule has 150 valence electrons. The van der Waals surface area contributed by atoms with Crippen LogP contribution in [0.25, 0.3) is 0 Å². The Kier molecular flexibility index (Phi) is 5.46. The van der Waals surface area contributed by atoms with Gasteiger partial charge in [0.05, 0.1) is 7.11 Å². The number of rotatable bonds is 5. The van der Waals surface area contributed by atoms with Crippen LogP contribution in [0.2, 0.25) is 0 Å². The van der Waals surface area contributed by atoms with Crippen LogP contribution in [0.4, 0.5) is 27.4 Å². The van der Waals surface area contributed by atoms with Crippen LogP contribution in [0.15, 0.2) is 54.6 Å². The van der Waals surface area contributed by atoms with E-state index in [1.54, 1.807) is 13.2 Å². The predicted octanol–water partition coefficient (Wildman–Crippen LogP) is 4.00. The van der Waals surface area contributed by atoms with Gasteiger partial charge in [0.25, 0.3) is 0 Å². The SMILES string of the molecule is COc1ccc(N2CCN(c3cc(Nc4cccc(F)c4)nc(C)n3)CC2)cc1. The van der Waals surface area contributed by atoms with Crippen molar-refractivity contribution < 1.29 is 9.13 Å². The first-order valence-electron chi connectivity index (χ1n) is 9.63. The number of hydrogen-bond donors (Lipinski definition) is 1. The molecule has 2 heterocycles. The molecule has 1 fully saturated rings. The summed E-state index contributed by atoms with van der Waals surface area (Å²) < 4.78 is 18.7. The Morgan fingerprint density at radius 1 is 0.931 bits per heavy atom. The third kappa shape index (κ3) is 4.56. The number of piperazine rings is 1. The zero-order chi connectivity index (χ0) is 20.2. The highest BCUT2D eigenvalue weighted by molar-refractivity contribution is 5.60. The minimum Gasteiger partial charge on any atom is -0.497 e. The Bertz CT molecular complexity index is 971. The Balaban J connectivity index is 1.44. The highest BCUT2D eigenvalue weighted by Gasteiger charge is 2.19. The minimum absolute atomic E-state index is 0.282. The normalized spacial score (nSPS) is 14.0. The van der Waals surface area contributed by atoms with Crippen molar-refractivity contribution >= 4 is 23.0 Å². The maximum Gasteiger partial charge on any atom is 0.136 e. The second kappa shape index (κ2) is 8.34. The number of halogens is 1. The zero-order valence-electron chi connectivity index (χ0n) is 16.6. The summed E-state index contributed by atoms with van der Waals surface area (Å²) in [5, 5.41) is 3.17. The van der Waals surface area contributed by atoms with E-state index in [9.17, 15) is 4.39 Å². The van der Waals surface area contributed by atoms with Crippen molar-refractivity contribution in [1.29, 1.82) is 0 Å². The molecule has 1 N–H and O–H groups in total. The highest BCUT2D eigenvalue weighted by atomic mass is 19.1. The van der Waals surface area contributed by atoms with Gasteiger partial charge in [0.1, 0.15) is 29.0 Å². The van der Waals surface area contributed by atoms with Gasteiger partial charge < -0.3 is 19.9 Å². The molecule has 1 aromatic heterocycles. The lowest BCUT2D eigenvalue weighted by molar-refractivity contribution is 0.415. The van der Waals surface area contributed by atoms with Crippen LogP contribution in [0, 0.1) is 12.7 Å². The molecule has 0 atom stereocenters. The van der Waals surface area contributed by atoms with E-state index in [-0.39, 0.29) is 5.82 Å². The van der Waals surface area contributed by atoms with Crippen LogP contribution in [0.5, 0.6) is 5.75 Å². The fourth-order valence-corrected chi connectivity index (χ4v) is 3.48. The van der Waals surface area contributed by atoms with Crippen LogP contribution in [-0.2, 0) is 0 Å². The molecule has 0 amide bonds. The molecule has 2 aromatic carbocycles. The van der Waals surface area contributed by atoms with Crippen LogP contribution in [-0.4, -0.2) is 43.3 Å². The van der Waals surface area contributed by atoms with Gasteiger partial charge >= 0.3 is 0 Å². The van der Waals surface area contributed by atoms with Gasteiger partial charge in [-0.3, -0.25) is 0 Å². The van der Waals surface area contributed by atoms with Crippen molar-refractivity contribution in [3.05, 3.63) is 66.2 Å². The quantitative estimate of drug-likeness (QED) is 0.707. The summed E-state index contributed by atoms with van der Waals surface area (Å²) >= 11 is 0. The van der Waals surface area contributed by atoms with Gasteiger partial charge in [-0.2, -0.15) is 0 Å². The molecule has 0 saturated carbocycles. The van der Waals surface area contributed by atoms with E-state index in [1.165, 1.54) is 17.8 Å². The molecular formula is C22H24FN5O. The van der Waals surface area contributed by atoms with Gasteiger partial charge in [-0.15, -0.1) is 0 Å². The fraction of sp³-hybridized carbons (Fsp3) is 0.273. The number of aromatic nitrogens is 2. The molecule has 29 heavy (non-hydrogen) atoms. The summed E-state index contributed by atoms with van der Waals surface area (Å²) in [4.78, 5) is 13.7. The van der Waals surface area contributed by atoms with Gasteiger partial charge in [-0.25, -0.2) is 14.4 Å². The molecule has 0 unspecified atom stereocenters. The van der Waals surface area contributed by atoms with Crippen molar-refractivity contribution in [3.8, 4) is 5.75 Å². The van der Waals surface area contributed by atoms with Crippen LogP contribution < -0.4 is 19.9 Å². The van der Waals surface area contributed by atoms with E-state index in [2.05, 4.69) is 37.2 Å². The van der Waals surface area contributed by atoms with E-state index in [0.717, 1.165) is 37.7 Å². The maximum atomic E-state index is 13.4. The van der Waals surface area contributed by atoms with Gasteiger partial charge in [0, 0.05) is 43.6 Å². The van der Waals surface area contributed by atoms with Crippen molar-refractivity contribution in [2.45, 2.75) is 6.92 Å². The summed E-state index contributed by atoms with van der Waals surface area (Å²) in [6.07, 6.45) is 0. The van der Waals surface area contributed by atoms with Gasteiger partial charge in [0.15, 0.2) is 0 Å². The van der Waals surface area contributed by atoms with E-state index in [1.807, 2.05) is 31.2 Å². The summed E-state index contributed by atoms with van der Waals surface area (Å²) in [7, 11) is 1.68.